The van der Waals surface area contributed by atoms with Crippen molar-refractivity contribution >= 4 is 5.97 Å². The van der Waals surface area contributed by atoms with Crippen LogP contribution in [0.5, 0.6) is 0 Å². The lowest BCUT2D eigenvalue weighted by atomic mass is 9.47. The van der Waals surface area contributed by atoms with E-state index in [2.05, 4.69) is 19.9 Å². The Morgan fingerprint density at radius 1 is 1.15 bits per heavy atom. The highest BCUT2D eigenvalue weighted by Gasteiger charge is 2.63. The lowest BCUT2D eigenvalue weighted by Crippen LogP contribution is -2.54. The third-order valence-electron chi connectivity index (χ3n) is 9.15. The van der Waals surface area contributed by atoms with Crippen molar-refractivity contribution in [3.05, 3.63) is 11.6 Å². The molecule has 0 spiro atoms. The molecule has 4 nitrogen and oxygen atoms in total. The zero-order chi connectivity index (χ0) is 18.7. The standard InChI is InChI=1S/C22H34O4/c1-20-9-5-15(23)13-14(20)3-4-16-17(20)6-10-21(2)18(16)7-11-22(21,26)12-8-19(24)25/h3,15-18,23,26H,4-13H2,1-2H3,(H,24,25)/t15-,16+,17-,18-,20-,21-,22-/m0/s1. The van der Waals surface area contributed by atoms with Crippen molar-refractivity contribution in [2.75, 3.05) is 0 Å². The fraction of sp³-hybridized carbons (Fsp3) is 0.864. The third kappa shape index (κ3) is 2.51. The van der Waals surface area contributed by atoms with Crippen molar-refractivity contribution in [2.24, 2.45) is 28.6 Å². The van der Waals surface area contributed by atoms with E-state index in [1.165, 1.54) is 5.57 Å². The molecular weight excluding hydrogens is 328 g/mol. The molecule has 0 unspecified atom stereocenters. The first-order chi connectivity index (χ1) is 12.2. The van der Waals surface area contributed by atoms with Gasteiger partial charge >= 0.3 is 5.97 Å². The Morgan fingerprint density at radius 3 is 2.62 bits per heavy atom. The normalized spacial score (nSPS) is 50.4. The summed E-state index contributed by atoms with van der Waals surface area (Å²) in [6, 6.07) is 0. The van der Waals surface area contributed by atoms with Crippen LogP contribution in [0.3, 0.4) is 0 Å². The lowest BCUT2D eigenvalue weighted by molar-refractivity contribution is -0.146. The maximum Gasteiger partial charge on any atom is 0.303 e. The number of allylic oxidation sites excluding steroid dienone is 1. The summed E-state index contributed by atoms with van der Waals surface area (Å²) in [5, 5.41) is 30.6. The fourth-order valence-electron chi connectivity index (χ4n) is 7.48. The smallest absolute Gasteiger partial charge is 0.303 e. The van der Waals surface area contributed by atoms with Crippen LogP contribution in [-0.4, -0.2) is 33.0 Å². The van der Waals surface area contributed by atoms with Gasteiger partial charge in [-0.15, -0.1) is 0 Å². The monoisotopic (exact) mass is 362 g/mol. The molecule has 26 heavy (non-hydrogen) atoms. The van der Waals surface area contributed by atoms with Crippen LogP contribution in [0.25, 0.3) is 0 Å². The average Bonchev–Trinajstić information content (AvgIpc) is 2.86. The van der Waals surface area contributed by atoms with Gasteiger partial charge in [-0.1, -0.05) is 25.5 Å². The van der Waals surface area contributed by atoms with Gasteiger partial charge < -0.3 is 15.3 Å². The van der Waals surface area contributed by atoms with Crippen molar-refractivity contribution in [1.82, 2.24) is 0 Å². The minimum absolute atomic E-state index is 0.0621. The Labute approximate surface area is 156 Å². The number of rotatable bonds is 3. The van der Waals surface area contributed by atoms with Gasteiger partial charge in [0.2, 0.25) is 0 Å². The van der Waals surface area contributed by atoms with Crippen LogP contribution in [0.15, 0.2) is 11.6 Å². The molecule has 0 aliphatic heterocycles. The number of carbonyl (C=O) groups is 1. The number of hydrogen-bond acceptors (Lipinski definition) is 3. The number of aliphatic hydroxyl groups is 2. The van der Waals surface area contributed by atoms with E-state index in [0.717, 1.165) is 51.4 Å². The molecule has 7 atom stereocenters. The second-order valence-electron chi connectivity index (χ2n) is 10.1. The molecule has 4 aliphatic carbocycles. The van der Waals surface area contributed by atoms with Crippen LogP contribution >= 0.6 is 0 Å². The summed E-state index contributed by atoms with van der Waals surface area (Å²) in [4.78, 5) is 11.1. The van der Waals surface area contributed by atoms with Gasteiger partial charge in [-0.05, 0) is 86.4 Å². The van der Waals surface area contributed by atoms with Crippen molar-refractivity contribution in [1.29, 1.82) is 0 Å². The van der Waals surface area contributed by atoms with E-state index in [4.69, 9.17) is 5.11 Å². The minimum Gasteiger partial charge on any atom is -0.481 e. The van der Waals surface area contributed by atoms with E-state index in [1.54, 1.807) is 0 Å². The molecule has 0 aromatic carbocycles. The van der Waals surface area contributed by atoms with Gasteiger partial charge in [0.15, 0.2) is 0 Å². The first-order valence-corrected chi connectivity index (χ1v) is 10.5. The van der Waals surface area contributed by atoms with Gasteiger partial charge in [0, 0.05) is 6.42 Å². The number of carboxylic acid groups (broad SMARTS) is 1. The predicted octanol–water partition coefficient (Wildman–Crippen LogP) is 3.91. The Kier molecular flexibility index (Phi) is 4.31. The SMILES string of the molecule is C[C@]12CC[C@H](O)CC1=CC[C@@H]1[C@@H]2CC[C@@]2(C)[C@H]1CC[C@]2(O)CCC(=O)O. The van der Waals surface area contributed by atoms with E-state index >= 15 is 0 Å². The number of hydrogen-bond donors (Lipinski definition) is 3. The highest BCUT2D eigenvalue weighted by Crippen LogP contribution is 2.67. The second-order valence-corrected chi connectivity index (χ2v) is 10.1. The molecule has 0 radical (unpaired) electrons. The van der Waals surface area contributed by atoms with E-state index < -0.39 is 11.6 Å². The van der Waals surface area contributed by atoms with Gasteiger partial charge in [0.05, 0.1) is 11.7 Å². The Morgan fingerprint density at radius 2 is 1.88 bits per heavy atom. The lowest BCUT2D eigenvalue weighted by Gasteiger charge is -2.59. The van der Waals surface area contributed by atoms with Crippen molar-refractivity contribution < 1.29 is 20.1 Å². The molecule has 0 bridgehead atoms. The van der Waals surface area contributed by atoms with E-state index in [0.29, 0.717) is 24.2 Å². The highest BCUT2D eigenvalue weighted by atomic mass is 16.4. The van der Waals surface area contributed by atoms with Crippen molar-refractivity contribution in [3.63, 3.8) is 0 Å². The molecule has 0 saturated heterocycles. The largest absolute Gasteiger partial charge is 0.481 e. The zero-order valence-electron chi connectivity index (χ0n) is 16.2. The van der Waals surface area contributed by atoms with Crippen LogP contribution < -0.4 is 0 Å². The number of aliphatic carboxylic acids is 1. The molecule has 0 aromatic heterocycles. The Balaban J connectivity index is 1.61. The summed E-state index contributed by atoms with van der Waals surface area (Å²) in [5.41, 5.74) is 0.708. The van der Waals surface area contributed by atoms with Crippen LogP contribution in [0.1, 0.15) is 78.1 Å². The fourth-order valence-corrected chi connectivity index (χ4v) is 7.48. The molecule has 4 heteroatoms. The van der Waals surface area contributed by atoms with Gasteiger partial charge in [0.1, 0.15) is 0 Å². The second kappa shape index (κ2) is 6.07. The molecule has 3 N–H and O–H groups in total. The summed E-state index contributed by atoms with van der Waals surface area (Å²) in [5.74, 6) is 0.922. The van der Waals surface area contributed by atoms with Crippen LogP contribution in [0, 0.1) is 28.6 Å². The summed E-state index contributed by atoms with van der Waals surface area (Å²) < 4.78 is 0. The van der Waals surface area contributed by atoms with Crippen LogP contribution in [0.2, 0.25) is 0 Å². The summed E-state index contributed by atoms with van der Waals surface area (Å²) >= 11 is 0. The first-order valence-electron chi connectivity index (χ1n) is 10.5. The van der Waals surface area contributed by atoms with E-state index in [-0.39, 0.29) is 23.4 Å². The highest BCUT2D eigenvalue weighted by molar-refractivity contribution is 5.66. The maximum atomic E-state index is 11.4. The first kappa shape index (κ1) is 18.5. The molecule has 0 aromatic rings. The maximum absolute atomic E-state index is 11.4. The van der Waals surface area contributed by atoms with E-state index in [1.807, 2.05) is 0 Å². The van der Waals surface area contributed by atoms with Crippen molar-refractivity contribution in [3.8, 4) is 0 Å². The number of carboxylic acids is 1. The zero-order valence-corrected chi connectivity index (χ0v) is 16.2. The predicted molar refractivity (Wildman–Crippen MR) is 99.5 cm³/mol. The topological polar surface area (TPSA) is 77.8 Å². The number of aliphatic hydroxyl groups excluding tert-OH is 1. The third-order valence-corrected chi connectivity index (χ3v) is 9.15. The minimum atomic E-state index is -0.825. The molecule has 4 rings (SSSR count). The summed E-state index contributed by atoms with van der Waals surface area (Å²) in [6.07, 6.45) is 10.5. The molecule has 4 aliphatic rings. The van der Waals surface area contributed by atoms with E-state index in [9.17, 15) is 15.0 Å². The Bertz CT molecular complexity index is 628. The molecular formula is C22H34O4. The van der Waals surface area contributed by atoms with Gasteiger partial charge in [-0.3, -0.25) is 4.79 Å². The molecule has 0 heterocycles. The van der Waals surface area contributed by atoms with Gasteiger partial charge in [0.25, 0.3) is 0 Å². The number of fused-ring (bicyclic) bond motifs is 5. The Hall–Kier alpha value is -0.870. The molecule has 3 saturated carbocycles. The van der Waals surface area contributed by atoms with Gasteiger partial charge in [-0.25, -0.2) is 0 Å². The van der Waals surface area contributed by atoms with Gasteiger partial charge in [-0.2, -0.15) is 0 Å². The average molecular weight is 363 g/mol. The molecule has 3 fully saturated rings. The van der Waals surface area contributed by atoms with Crippen LogP contribution in [-0.2, 0) is 4.79 Å². The molecule has 146 valence electrons. The quantitative estimate of drug-likeness (QED) is 0.665. The van der Waals surface area contributed by atoms with Crippen LogP contribution in [0.4, 0.5) is 0 Å². The molecule has 0 amide bonds. The van der Waals surface area contributed by atoms with Crippen molar-refractivity contribution in [2.45, 2.75) is 89.8 Å². The summed E-state index contributed by atoms with van der Waals surface area (Å²) in [6.45, 7) is 4.64. The summed E-state index contributed by atoms with van der Waals surface area (Å²) in [7, 11) is 0.